The summed E-state index contributed by atoms with van der Waals surface area (Å²) >= 11 is 0. The van der Waals surface area contributed by atoms with E-state index in [-0.39, 0.29) is 17.2 Å². The maximum absolute atomic E-state index is 9.71. The molecule has 1 N–H and O–H groups in total. The SMILES string of the molecule is CC(C)(C)[Si](C)(C)OC[C@H](O)C[C@H]1CO1. The summed E-state index contributed by atoms with van der Waals surface area (Å²) in [4.78, 5) is 0. The first kappa shape index (κ1) is 13.2. The zero-order valence-corrected chi connectivity index (χ0v) is 11.5. The molecular formula is C11H24O3Si. The van der Waals surface area contributed by atoms with Crippen molar-refractivity contribution in [3.8, 4) is 0 Å². The molecular weight excluding hydrogens is 208 g/mol. The van der Waals surface area contributed by atoms with Gasteiger partial charge in [0.2, 0.25) is 0 Å². The van der Waals surface area contributed by atoms with Gasteiger partial charge in [-0.15, -0.1) is 0 Å². The maximum atomic E-state index is 9.71. The number of ether oxygens (including phenoxy) is 1. The van der Waals surface area contributed by atoms with Crippen LogP contribution in [0.5, 0.6) is 0 Å². The lowest BCUT2D eigenvalue weighted by Gasteiger charge is -2.36. The molecule has 0 amide bonds. The fourth-order valence-corrected chi connectivity index (χ4v) is 2.14. The minimum Gasteiger partial charge on any atom is -0.414 e. The van der Waals surface area contributed by atoms with Gasteiger partial charge in [-0.05, 0) is 18.1 Å². The Balaban J connectivity index is 2.27. The number of hydrogen-bond acceptors (Lipinski definition) is 3. The molecule has 0 aromatic carbocycles. The number of aliphatic hydroxyl groups is 1. The monoisotopic (exact) mass is 232 g/mol. The molecule has 1 rings (SSSR count). The summed E-state index contributed by atoms with van der Waals surface area (Å²) in [5.74, 6) is 0. The summed E-state index contributed by atoms with van der Waals surface area (Å²) in [5.41, 5.74) is 0. The molecule has 1 aliphatic rings. The van der Waals surface area contributed by atoms with Gasteiger partial charge in [0, 0.05) is 6.42 Å². The van der Waals surface area contributed by atoms with Crippen molar-refractivity contribution in [2.45, 2.75) is 57.5 Å². The second-order valence-electron chi connectivity index (χ2n) is 5.92. The van der Waals surface area contributed by atoms with Crippen molar-refractivity contribution in [1.82, 2.24) is 0 Å². The molecule has 1 saturated heterocycles. The quantitative estimate of drug-likeness (QED) is 0.583. The van der Waals surface area contributed by atoms with Gasteiger partial charge in [-0.2, -0.15) is 0 Å². The fraction of sp³-hybridized carbons (Fsp3) is 1.00. The van der Waals surface area contributed by atoms with E-state index in [9.17, 15) is 5.11 Å². The van der Waals surface area contributed by atoms with Crippen molar-refractivity contribution in [3.05, 3.63) is 0 Å². The van der Waals surface area contributed by atoms with Gasteiger partial charge in [-0.25, -0.2) is 0 Å². The summed E-state index contributed by atoms with van der Waals surface area (Å²) in [7, 11) is -1.70. The topological polar surface area (TPSA) is 42.0 Å². The zero-order chi connectivity index (χ0) is 11.7. The van der Waals surface area contributed by atoms with E-state index < -0.39 is 8.32 Å². The van der Waals surface area contributed by atoms with Crippen LogP contribution in [-0.4, -0.2) is 38.8 Å². The highest BCUT2D eigenvalue weighted by molar-refractivity contribution is 6.74. The lowest BCUT2D eigenvalue weighted by molar-refractivity contribution is 0.0859. The van der Waals surface area contributed by atoms with E-state index in [1.807, 2.05) is 0 Å². The second-order valence-corrected chi connectivity index (χ2v) is 10.7. The van der Waals surface area contributed by atoms with Crippen molar-refractivity contribution in [2.24, 2.45) is 0 Å². The van der Waals surface area contributed by atoms with Crippen LogP contribution in [0.15, 0.2) is 0 Å². The van der Waals surface area contributed by atoms with Crippen LogP contribution >= 0.6 is 0 Å². The third-order valence-corrected chi connectivity index (χ3v) is 7.88. The summed E-state index contributed by atoms with van der Waals surface area (Å²) < 4.78 is 11.0. The van der Waals surface area contributed by atoms with Crippen LogP contribution in [0.25, 0.3) is 0 Å². The average molecular weight is 232 g/mol. The van der Waals surface area contributed by atoms with E-state index in [2.05, 4.69) is 33.9 Å². The molecule has 1 fully saturated rings. The van der Waals surface area contributed by atoms with Crippen LogP contribution in [-0.2, 0) is 9.16 Å². The molecule has 0 bridgehead atoms. The first-order chi connectivity index (χ1) is 6.72. The second kappa shape index (κ2) is 4.53. The largest absolute Gasteiger partial charge is 0.414 e. The third-order valence-electron chi connectivity index (χ3n) is 3.38. The Bertz CT molecular complexity index is 206. The lowest BCUT2D eigenvalue weighted by atomic mass is 10.2. The van der Waals surface area contributed by atoms with Gasteiger partial charge in [-0.3, -0.25) is 0 Å². The van der Waals surface area contributed by atoms with Crippen LogP contribution in [0.2, 0.25) is 18.1 Å². The van der Waals surface area contributed by atoms with Gasteiger partial charge >= 0.3 is 0 Å². The van der Waals surface area contributed by atoms with Crippen LogP contribution in [0, 0.1) is 0 Å². The van der Waals surface area contributed by atoms with Crippen molar-refractivity contribution < 1.29 is 14.3 Å². The maximum Gasteiger partial charge on any atom is 0.192 e. The molecule has 4 heteroatoms. The minimum atomic E-state index is -1.70. The summed E-state index contributed by atoms with van der Waals surface area (Å²) in [6.07, 6.45) is 0.629. The van der Waals surface area contributed by atoms with Crippen molar-refractivity contribution >= 4 is 8.32 Å². The molecule has 0 aromatic rings. The fourth-order valence-electron chi connectivity index (χ4n) is 1.10. The average Bonchev–Trinajstić information content (AvgIpc) is 2.83. The van der Waals surface area contributed by atoms with Gasteiger partial charge in [0.1, 0.15) is 0 Å². The highest BCUT2D eigenvalue weighted by atomic mass is 28.4. The number of rotatable bonds is 5. The standard InChI is InChI=1S/C11H24O3Si/c1-11(2,3)15(4,5)14-7-9(12)6-10-8-13-10/h9-10,12H,6-8H2,1-5H3/t9-,10+/m1/s1. The zero-order valence-electron chi connectivity index (χ0n) is 10.5. The summed E-state index contributed by atoms with van der Waals surface area (Å²) in [5, 5.41) is 9.92. The molecule has 0 spiro atoms. The normalized spacial score (nSPS) is 24.0. The first-order valence-corrected chi connectivity index (χ1v) is 8.57. The molecule has 1 heterocycles. The predicted molar refractivity (Wildman–Crippen MR) is 63.5 cm³/mol. The molecule has 0 aromatic heterocycles. The third kappa shape index (κ3) is 4.22. The van der Waals surface area contributed by atoms with E-state index in [1.165, 1.54) is 0 Å². The summed E-state index contributed by atoms with van der Waals surface area (Å²) in [6, 6.07) is 0. The van der Waals surface area contributed by atoms with E-state index in [1.54, 1.807) is 0 Å². The van der Waals surface area contributed by atoms with Crippen molar-refractivity contribution in [3.63, 3.8) is 0 Å². The Morgan fingerprint density at radius 3 is 2.40 bits per heavy atom. The van der Waals surface area contributed by atoms with E-state index in [0.717, 1.165) is 6.61 Å². The number of hydrogen-bond donors (Lipinski definition) is 1. The molecule has 0 radical (unpaired) electrons. The smallest absolute Gasteiger partial charge is 0.192 e. The van der Waals surface area contributed by atoms with Gasteiger partial charge in [0.25, 0.3) is 0 Å². The Morgan fingerprint density at radius 2 is 2.00 bits per heavy atom. The van der Waals surface area contributed by atoms with Crippen LogP contribution in [0.4, 0.5) is 0 Å². The Hall–Kier alpha value is 0.0969. The van der Waals surface area contributed by atoms with Crippen LogP contribution in [0.1, 0.15) is 27.2 Å². The molecule has 3 nitrogen and oxygen atoms in total. The van der Waals surface area contributed by atoms with E-state index in [4.69, 9.17) is 9.16 Å². The number of aliphatic hydroxyl groups excluding tert-OH is 1. The Kier molecular flexibility index (Phi) is 3.98. The van der Waals surface area contributed by atoms with E-state index >= 15 is 0 Å². The van der Waals surface area contributed by atoms with Gasteiger partial charge in [0.05, 0.1) is 25.4 Å². The van der Waals surface area contributed by atoms with Crippen molar-refractivity contribution in [2.75, 3.05) is 13.2 Å². The van der Waals surface area contributed by atoms with Gasteiger partial charge in [-0.1, -0.05) is 20.8 Å². The minimum absolute atomic E-state index is 0.211. The Labute approximate surface area is 93.9 Å². The predicted octanol–water partition coefficient (Wildman–Crippen LogP) is 2.16. The van der Waals surface area contributed by atoms with Crippen molar-refractivity contribution in [1.29, 1.82) is 0 Å². The molecule has 90 valence electrons. The highest BCUT2D eigenvalue weighted by Crippen LogP contribution is 2.36. The number of epoxide rings is 1. The summed E-state index contributed by atoms with van der Waals surface area (Å²) in [6.45, 7) is 12.3. The molecule has 0 aliphatic carbocycles. The first-order valence-electron chi connectivity index (χ1n) is 5.66. The Morgan fingerprint density at radius 1 is 1.47 bits per heavy atom. The molecule has 0 saturated carbocycles. The van der Waals surface area contributed by atoms with E-state index in [0.29, 0.717) is 13.0 Å². The molecule has 0 unspecified atom stereocenters. The molecule has 1 aliphatic heterocycles. The van der Waals surface area contributed by atoms with Crippen LogP contribution in [0.3, 0.4) is 0 Å². The molecule has 15 heavy (non-hydrogen) atoms. The van der Waals surface area contributed by atoms with Gasteiger partial charge in [0.15, 0.2) is 8.32 Å². The lowest BCUT2D eigenvalue weighted by Crippen LogP contribution is -2.42. The van der Waals surface area contributed by atoms with Gasteiger partial charge < -0.3 is 14.3 Å². The molecule has 2 atom stereocenters. The highest BCUT2D eigenvalue weighted by Gasteiger charge is 2.37. The van der Waals surface area contributed by atoms with Crippen LogP contribution < -0.4 is 0 Å².